The lowest BCUT2D eigenvalue weighted by molar-refractivity contribution is 0.0602. The number of piperidine rings is 1. The molecular weight excluding hydrogens is 260 g/mol. The van der Waals surface area contributed by atoms with Crippen molar-refractivity contribution in [1.82, 2.24) is 4.90 Å². The summed E-state index contributed by atoms with van der Waals surface area (Å²) in [4.78, 5) is 14.6. The first-order chi connectivity index (χ1) is 9.13. The van der Waals surface area contributed by atoms with E-state index in [1.54, 1.807) is 18.2 Å². The van der Waals surface area contributed by atoms with E-state index in [4.69, 9.17) is 17.3 Å². The maximum absolute atomic E-state index is 12.6. The van der Waals surface area contributed by atoms with E-state index >= 15 is 0 Å². The molecule has 1 atom stereocenters. The van der Waals surface area contributed by atoms with Gasteiger partial charge in [0.1, 0.15) is 0 Å². The summed E-state index contributed by atoms with van der Waals surface area (Å²) in [5, 5.41) is 0.567. The van der Waals surface area contributed by atoms with Crippen molar-refractivity contribution in [2.75, 3.05) is 12.3 Å². The highest BCUT2D eigenvalue weighted by molar-refractivity contribution is 6.31. The van der Waals surface area contributed by atoms with Crippen LogP contribution in [0.4, 0.5) is 5.69 Å². The molecule has 0 spiro atoms. The Balaban J connectivity index is 2.21. The molecule has 1 saturated heterocycles. The Labute approximate surface area is 119 Å². The van der Waals surface area contributed by atoms with Crippen LogP contribution in [0.2, 0.25) is 5.02 Å². The molecule has 0 aliphatic carbocycles. The molecule has 3 nitrogen and oxygen atoms in total. The maximum Gasteiger partial charge on any atom is 0.256 e. The molecule has 19 heavy (non-hydrogen) atoms. The number of halogens is 1. The zero-order chi connectivity index (χ0) is 13.8. The number of nitrogens with two attached hydrogens (primary N) is 1. The Hall–Kier alpha value is -1.22. The summed E-state index contributed by atoms with van der Waals surface area (Å²) in [6.45, 7) is 3.00. The largest absolute Gasteiger partial charge is 0.398 e. The SMILES string of the molecule is CCCC1CCCCN1C(=O)c1ccc(Cl)cc1N. The summed E-state index contributed by atoms with van der Waals surface area (Å²) in [5.74, 6) is 0.0484. The third kappa shape index (κ3) is 3.21. The maximum atomic E-state index is 12.6. The predicted molar refractivity (Wildman–Crippen MR) is 79.4 cm³/mol. The van der Waals surface area contributed by atoms with Gasteiger partial charge in [-0.05, 0) is 43.9 Å². The number of hydrogen-bond acceptors (Lipinski definition) is 2. The first-order valence-electron chi connectivity index (χ1n) is 6.99. The number of hydrogen-bond donors (Lipinski definition) is 1. The molecule has 1 aliphatic heterocycles. The van der Waals surface area contributed by atoms with Gasteiger partial charge in [0.15, 0.2) is 0 Å². The molecule has 1 unspecified atom stereocenters. The molecule has 2 N–H and O–H groups in total. The highest BCUT2D eigenvalue weighted by atomic mass is 35.5. The highest BCUT2D eigenvalue weighted by Gasteiger charge is 2.27. The van der Waals surface area contributed by atoms with Gasteiger partial charge in [-0.3, -0.25) is 4.79 Å². The number of anilines is 1. The lowest BCUT2D eigenvalue weighted by atomic mass is 9.97. The van der Waals surface area contributed by atoms with Crippen LogP contribution in [-0.2, 0) is 0 Å². The topological polar surface area (TPSA) is 46.3 Å². The van der Waals surface area contributed by atoms with Gasteiger partial charge in [-0.2, -0.15) is 0 Å². The fourth-order valence-corrected chi connectivity index (χ4v) is 2.96. The van der Waals surface area contributed by atoms with Gasteiger partial charge in [0.2, 0.25) is 0 Å². The lowest BCUT2D eigenvalue weighted by Crippen LogP contribution is -2.43. The molecule has 2 rings (SSSR count). The zero-order valence-electron chi connectivity index (χ0n) is 11.4. The van der Waals surface area contributed by atoms with Crippen molar-refractivity contribution < 1.29 is 4.79 Å². The molecule has 0 bridgehead atoms. The number of rotatable bonds is 3. The molecule has 1 aromatic carbocycles. The van der Waals surface area contributed by atoms with Gasteiger partial charge in [-0.1, -0.05) is 24.9 Å². The minimum absolute atomic E-state index is 0.0484. The van der Waals surface area contributed by atoms with Crippen LogP contribution in [0.25, 0.3) is 0 Å². The third-order valence-electron chi connectivity index (χ3n) is 3.75. The highest BCUT2D eigenvalue weighted by Crippen LogP contribution is 2.26. The monoisotopic (exact) mass is 280 g/mol. The second-order valence-electron chi connectivity index (χ2n) is 5.17. The van der Waals surface area contributed by atoms with Crippen LogP contribution in [0.5, 0.6) is 0 Å². The van der Waals surface area contributed by atoms with Crippen LogP contribution in [-0.4, -0.2) is 23.4 Å². The lowest BCUT2D eigenvalue weighted by Gasteiger charge is -2.36. The molecule has 1 aromatic rings. The van der Waals surface area contributed by atoms with Crippen LogP contribution < -0.4 is 5.73 Å². The molecule has 1 heterocycles. The molecule has 0 aromatic heterocycles. The Bertz CT molecular complexity index is 459. The second kappa shape index (κ2) is 6.29. The van der Waals surface area contributed by atoms with Crippen molar-refractivity contribution in [3.8, 4) is 0 Å². The summed E-state index contributed by atoms with van der Waals surface area (Å²) in [7, 11) is 0. The Morgan fingerprint density at radius 1 is 1.47 bits per heavy atom. The van der Waals surface area contributed by atoms with Gasteiger partial charge < -0.3 is 10.6 Å². The zero-order valence-corrected chi connectivity index (χ0v) is 12.1. The van der Waals surface area contributed by atoms with Crippen molar-refractivity contribution in [1.29, 1.82) is 0 Å². The van der Waals surface area contributed by atoms with E-state index in [0.29, 0.717) is 22.3 Å². The summed E-state index contributed by atoms with van der Waals surface area (Å²) in [6, 6.07) is 5.47. The molecule has 104 valence electrons. The van der Waals surface area contributed by atoms with Crippen molar-refractivity contribution in [3.63, 3.8) is 0 Å². The van der Waals surface area contributed by atoms with Crippen molar-refractivity contribution in [3.05, 3.63) is 28.8 Å². The summed E-state index contributed by atoms with van der Waals surface area (Å²) in [6.07, 6.45) is 5.57. The van der Waals surface area contributed by atoms with Crippen molar-refractivity contribution in [2.45, 2.75) is 45.1 Å². The number of nitrogens with zero attached hydrogens (tertiary/aromatic N) is 1. The number of amides is 1. The quantitative estimate of drug-likeness (QED) is 0.858. The number of carbonyl (C=O) groups excluding carboxylic acids is 1. The van der Waals surface area contributed by atoms with Gasteiger partial charge in [0.25, 0.3) is 5.91 Å². The van der Waals surface area contributed by atoms with Crippen LogP contribution in [0.1, 0.15) is 49.4 Å². The normalized spacial score (nSPS) is 19.5. The van der Waals surface area contributed by atoms with Gasteiger partial charge >= 0.3 is 0 Å². The smallest absolute Gasteiger partial charge is 0.256 e. The predicted octanol–water partition coefficient (Wildman–Crippen LogP) is 3.72. The van der Waals surface area contributed by atoms with E-state index in [1.165, 1.54) is 6.42 Å². The fraction of sp³-hybridized carbons (Fsp3) is 0.533. The summed E-state index contributed by atoms with van der Waals surface area (Å²) >= 11 is 5.88. The molecule has 1 aliphatic rings. The standard InChI is InChI=1S/C15H21ClN2O/c1-2-5-12-6-3-4-9-18(12)15(19)13-8-7-11(16)10-14(13)17/h7-8,10,12H,2-6,9,17H2,1H3. The number of carbonyl (C=O) groups is 1. The van der Waals surface area contributed by atoms with E-state index in [1.807, 2.05) is 4.90 Å². The van der Waals surface area contributed by atoms with Crippen LogP contribution >= 0.6 is 11.6 Å². The Morgan fingerprint density at radius 2 is 2.26 bits per heavy atom. The van der Waals surface area contributed by atoms with Crippen molar-refractivity contribution in [2.24, 2.45) is 0 Å². The summed E-state index contributed by atoms with van der Waals surface area (Å²) in [5.41, 5.74) is 6.96. The summed E-state index contributed by atoms with van der Waals surface area (Å²) < 4.78 is 0. The van der Waals surface area contributed by atoms with E-state index in [2.05, 4.69) is 6.92 Å². The first kappa shape index (κ1) is 14.2. The van der Waals surface area contributed by atoms with Gasteiger partial charge in [-0.15, -0.1) is 0 Å². The average molecular weight is 281 g/mol. The molecule has 4 heteroatoms. The molecule has 0 radical (unpaired) electrons. The fourth-order valence-electron chi connectivity index (χ4n) is 2.78. The Morgan fingerprint density at radius 3 is 2.95 bits per heavy atom. The molecule has 1 amide bonds. The second-order valence-corrected chi connectivity index (χ2v) is 5.60. The number of nitrogen functional groups attached to an aromatic ring is 1. The van der Waals surface area contributed by atoms with Gasteiger partial charge in [-0.25, -0.2) is 0 Å². The molecular formula is C15H21ClN2O. The van der Waals surface area contributed by atoms with Gasteiger partial charge in [0, 0.05) is 23.3 Å². The van der Waals surface area contributed by atoms with E-state index in [0.717, 1.165) is 32.2 Å². The van der Waals surface area contributed by atoms with Gasteiger partial charge in [0.05, 0.1) is 5.56 Å². The van der Waals surface area contributed by atoms with Crippen LogP contribution in [0, 0.1) is 0 Å². The first-order valence-corrected chi connectivity index (χ1v) is 7.37. The number of benzene rings is 1. The Kier molecular flexibility index (Phi) is 4.70. The minimum atomic E-state index is 0.0484. The van der Waals surface area contributed by atoms with Crippen LogP contribution in [0.3, 0.4) is 0 Å². The van der Waals surface area contributed by atoms with E-state index in [9.17, 15) is 4.79 Å². The number of likely N-dealkylation sites (tertiary alicyclic amines) is 1. The average Bonchev–Trinajstić information content (AvgIpc) is 2.39. The molecule has 0 saturated carbocycles. The molecule has 1 fully saturated rings. The van der Waals surface area contributed by atoms with Crippen molar-refractivity contribution >= 4 is 23.2 Å². The van der Waals surface area contributed by atoms with E-state index in [-0.39, 0.29) is 5.91 Å². The van der Waals surface area contributed by atoms with Crippen LogP contribution in [0.15, 0.2) is 18.2 Å². The minimum Gasteiger partial charge on any atom is -0.398 e. The third-order valence-corrected chi connectivity index (χ3v) is 3.99. The van der Waals surface area contributed by atoms with E-state index < -0.39 is 0 Å².